The first-order valence-corrected chi connectivity index (χ1v) is 7.84. The van der Waals surface area contributed by atoms with Gasteiger partial charge < -0.3 is 5.73 Å². The number of halogens is 3. The van der Waals surface area contributed by atoms with Crippen molar-refractivity contribution < 1.29 is 0 Å². The maximum atomic E-state index is 6.37. The maximum Gasteiger partial charge on any atom is 0.0578 e. The monoisotopic (exact) mass is 401 g/mol. The van der Waals surface area contributed by atoms with Crippen LogP contribution in [0.5, 0.6) is 0 Å². The van der Waals surface area contributed by atoms with E-state index in [2.05, 4.69) is 37.9 Å². The highest BCUT2D eigenvalue weighted by atomic mass is 79.9. The van der Waals surface area contributed by atoms with E-state index in [1.165, 1.54) is 0 Å². The van der Waals surface area contributed by atoms with Gasteiger partial charge in [-0.15, -0.1) is 0 Å². The molecule has 1 unspecified atom stereocenters. The molecule has 0 radical (unpaired) electrons. The normalized spacial score (nSPS) is 12.5. The van der Waals surface area contributed by atoms with E-state index in [0.717, 1.165) is 36.2 Å². The summed E-state index contributed by atoms with van der Waals surface area (Å²) in [5, 5.41) is 0.735. The average Bonchev–Trinajstić information content (AvgIpc) is 2.36. The van der Waals surface area contributed by atoms with Crippen LogP contribution >= 0.6 is 43.5 Å². The molecule has 2 rings (SSSR count). The quantitative estimate of drug-likeness (QED) is 0.701. The molecule has 2 aromatic rings. The molecule has 0 bridgehead atoms. The Morgan fingerprint density at radius 3 is 2.37 bits per heavy atom. The fourth-order valence-corrected chi connectivity index (χ4v) is 3.29. The van der Waals surface area contributed by atoms with Gasteiger partial charge in [-0.25, -0.2) is 0 Å². The Balaban J connectivity index is 2.53. The summed E-state index contributed by atoms with van der Waals surface area (Å²) in [5.74, 6) is 0. The minimum Gasteiger partial charge on any atom is -0.320 e. The highest BCUT2D eigenvalue weighted by Crippen LogP contribution is 2.35. The molecule has 4 heteroatoms. The van der Waals surface area contributed by atoms with E-state index in [1.807, 2.05) is 38.1 Å². The first-order valence-electron chi connectivity index (χ1n) is 5.88. The van der Waals surface area contributed by atoms with Crippen LogP contribution in [0.25, 0.3) is 0 Å². The molecule has 2 aromatic carbocycles. The van der Waals surface area contributed by atoms with E-state index in [9.17, 15) is 0 Å². The van der Waals surface area contributed by atoms with Crippen molar-refractivity contribution in [3.8, 4) is 0 Å². The van der Waals surface area contributed by atoms with Gasteiger partial charge in [-0.1, -0.05) is 61.7 Å². The molecule has 0 fully saturated rings. The molecule has 2 N–H and O–H groups in total. The first kappa shape index (κ1) is 15.0. The van der Waals surface area contributed by atoms with Gasteiger partial charge in [0.15, 0.2) is 0 Å². The summed E-state index contributed by atoms with van der Waals surface area (Å²) in [4.78, 5) is 0. The zero-order chi connectivity index (χ0) is 14.2. The molecular formula is C15H14Br2ClN. The highest BCUT2D eigenvalue weighted by molar-refractivity contribution is 9.11. The van der Waals surface area contributed by atoms with Gasteiger partial charge in [0.25, 0.3) is 0 Å². The molecule has 0 heterocycles. The molecule has 1 nitrogen and oxygen atoms in total. The lowest BCUT2D eigenvalue weighted by Gasteiger charge is -2.18. The summed E-state index contributed by atoms with van der Waals surface area (Å²) in [7, 11) is 0. The molecule has 0 spiro atoms. The van der Waals surface area contributed by atoms with Crippen LogP contribution in [0.1, 0.15) is 28.3 Å². The van der Waals surface area contributed by atoms with E-state index < -0.39 is 0 Å². The molecular weight excluding hydrogens is 389 g/mol. The summed E-state index contributed by atoms with van der Waals surface area (Å²) in [6, 6.07) is 9.79. The zero-order valence-electron chi connectivity index (χ0n) is 10.7. The number of hydrogen-bond donors (Lipinski definition) is 1. The van der Waals surface area contributed by atoms with Crippen LogP contribution in [-0.2, 0) is 0 Å². The topological polar surface area (TPSA) is 26.0 Å². The second kappa shape index (κ2) is 5.96. The predicted molar refractivity (Wildman–Crippen MR) is 88.8 cm³/mol. The lowest BCUT2D eigenvalue weighted by molar-refractivity contribution is 0.862. The van der Waals surface area contributed by atoms with Crippen molar-refractivity contribution in [1.29, 1.82) is 0 Å². The van der Waals surface area contributed by atoms with Crippen molar-refractivity contribution in [3.05, 3.63) is 66.6 Å². The average molecular weight is 404 g/mol. The van der Waals surface area contributed by atoms with Crippen molar-refractivity contribution in [3.63, 3.8) is 0 Å². The molecule has 19 heavy (non-hydrogen) atoms. The highest BCUT2D eigenvalue weighted by Gasteiger charge is 2.17. The Kier molecular flexibility index (Phi) is 4.72. The second-order valence-electron chi connectivity index (χ2n) is 4.58. The van der Waals surface area contributed by atoms with Crippen LogP contribution in [0, 0.1) is 13.8 Å². The van der Waals surface area contributed by atoms with Gasteiger partial charge in [0, 0.05) is 14.0 Å². The number of aryl methyl sites for hydroxylation is 2. The minimum absolute atomic E-state index is 0.251. The van der Waals surface area contributed by atoms with Gasteiger partial charge in [0.2, 0.25) is 0 Å². The van der Waals surface area contributed by atoms with Gasteiger partial charge in [0.1, 0.15) is 0 Å². The fraction of sp³-hybridized carbons (Fsp3) is 0.200. The van der Waals surface area contributed by atoms with Crippen molar-refractivity contribution in [2.45, 2.75) is 19.9 Å². The van der Waals surface area contributed by atoms with Crippen LogP contribution in [0.2, 0.25) is 5.02 Å². The van der Waals surface area contributed by atoms with Gasteiger partial charge in [-0.05, 0) is 48.2 Å². The molecule has 100 valence electrons. The lowest BCUT2D eigenvalue weighted by atomic mass is 9.97. The van der Waals surface area contributed by atoms with E-state index in [4.69, 9.17) is 17.3 Å². The van der Waals surface area contributed by atoms with E-state index in [-0.39, 0.29) is 6.04 Å². The Morgan fingerprint density at radius 2 is 1.68 bits per heavy atom. The summed E-state index contributed by atoms with van der Waals surface area (Å²) < 4.78 is 2.04. The zero-order valence-corrected chi connectivity index (χ0v) is 14.6. The molecule has 0 saturated heterocycles. The third-order valence-corrected chi connectivity index (χ3v) is 5.23. The molecule has 0 aliphatic heterocycles. The van der Waals surface area contributed by atoms with Gasteiger partial charge in [-0.3, -0.25) is 0 Å². The van der Waals surface area contributed by atoms with Gasteiger partial charge >= 0.3 is 0 Å². The third kappa shape index (κ3) is 3.05. The minimum atomic E-state index is -0.251. The SMILES string of the molecule is Cc1cc(Br)c(C(N)c2cccc(C)c2Cl)cc1Br. The van der Waals surface area contributed by atoms with Crippen molar-refractivity contribution in [1.82, 2.24) is 0 Å². The first-order chi connectivity index (χ1) is 8.91. The predicted octanol–water partition coefficient (Wildman–Crippen LogP) is 5.53. The maximum absolute atomic E-state index is 6.37. The Labute approximate surface area is 135 Å². The molecule has 0 amide bonds. The molecule has 1 atom stereocenters. The van der Waals surface area contributed by atoms with Crippen LogP contribution in [0.3, 0.4) is 0 Å². The standard InChI is InChI=1S/C15H14Br2ClN/c1-8-4-3-5-10(14(8)18)15(19)11-7-12(16)9(2)6-13(11)17/h3-7,15H,19H2,1-2H3. The molecule has 0 saturated carbocycles. The summed E-state index contributed by atoms with van der Waals surface area (Å²) >= 11 is 13.5. The lowest BCUT2D eigenvalue weighted by Crippen LogP contribution is -2.13. The van der Waals surface area contributed by atoms with E-state index in [0.29, 0.717) is 0 Å². The largest absolute Gasteiger partial charge is 0.320 e. The van der Waals surface area contributed by atoms with Crippen molar-refractivity contribution >= 4 is 43.5 Å². The molecule has 0 aliphatic carbocycles. The summed E-state index contributed by atoms with van der Waals surface area (Å²) in [5.41, 5.74) is 10.5. The van der Waals surface area contributed by atoms with E-state index in [1.54, 1.807) is 0 Å². The third-order valence-electron chi connectivity index (χ3n) is 3.17. The number of benzene rings is 2. The Bertz CT molecular complexity index is 626. The smallest absolute Gasteiger partial charge is 0.0578 e. The molecule has 0 aromatic heterocycles. The second-order valence-corrected chi connectivity index (χ2v) is 6.67. The number of rotatable bonds is 2. The van der Waals surface area contributed by atoms with Gasteiger partial charge in [0.05, 0.1) is 6.04 Å². The number of nitrogens with two attached hydrogens (primary N) is 1. The number of hydrogen-bond acceptors (Lipinski definition) is 1. The van der Waals surface area contributed by atoms with Crippen LogP contribution in [0.15, 0.2) is 39.3 Å². The van der Waals surface area contributed by atoms with Crippen LogP contribution in [-0.4, -0.2) is 0 Å². The van der Waals surface area contributed by atoms with Gasteiger partial charge in [-0.2, -0.15) is 0 Å². The van der Waals surface area contributed by atoms with E-state index >= 15 is 0 Å². The fourth-order valence-electron chi connectivity index (χ4n) is 1.98. The van der Waals surface area contributed by atoms with Crippen LogP contribution < -0.4 is 5.73 Å². The Morgan fingerprint density at radius 1 is 1.00 bits per heavy atom. The Hall–Kier alpha value is -0.350. The van der Waals surface area contributed by atoms with Crippen LogP contribution in [0.4, 0.5) is 0 Å². The van der Waals surface area contributed by atoms with Crippen molar-refractivity contribution in [2.24, 2.45) is 5.73 Å². The molecule has 0 aliphatic rings. The summed E-state index contributed by atoms with van der Waals surface area (Å²) in [6.45, 7) is 4.03. The van der Waals surface area contributed by atoms with Crippen molar-refractivity contribution in [2.75, 3.05) is 0 Å². The summed E-state index contributed by atoms with van der Waals surface area (Å²) in [6.07, 6.45) is 0.